The third kappa shape index (κ3) is 5.27. The van der Waals surface area contributed by atoms with Gasteiger partial charge in [-0.1, -0.05) is 28.1 Å². The van der Waals surface area contributed by atoms with Crippen LogP contribution in [0.1, 0.15) is 20.3 Å². The topological polar surface area (TPSA) is 30.5 Å². The molecule has 0 aliphatic rings. The highest BCUT2D eigenvalue weighted by Crippen LogP contribution is 2.25. The van der Waals surface area contributed by atoms with Crippen molar-refractivity contribution in [3.05, 3.63) is 24.3 Å². The second kappa shape index (κ2) is 7.64. The summed E-state index contributed by atoms with van der Waals surface area (Å²) in [6.45, 7) is 5.83. The third-order valence-corrected chi connectivity index (χ3v) is 3.15. The van der Waals surface area contributed by atoms with Crippen LogP contribution in [0.4, 0.5) is 0 Å². The van der Waals surface area contributed by atoms with Gasteiger partial charge in [0.2, 0.25) is 0 Å². The molecular weight excluding hydrogens is 294 g/mol. The first-order valence-corrected chi connectivity index (χ1v) is 7.28. The number of halogens is 1. The Bertz CT molecular complexity index is 355. The average molecular weight is 316 g/mol. The molecule has 0 atom stereocenters. The molecule has 0 amide bonds. The number of hydrogen-bond donors (Lipinski definition) is 1. The van der Waals surface area contributed by atoms with Gasteiger partial charge in [-0.2, -0.15) is 0 Å². The molecule has 1 N–H and O–H groups in total. The highest BCUT2D eigenvalue weighted by Gasteiger charge is 2.15. The van der Waals surface area contributed by atoms with Crippen molar-refractivity contribution >= 4 is 15.9 Å². The molecule has 1 rings (SSSR count). The molecule has 4 heteroatoms. The molecule has 0 bridgehead atoms. The van der Waals surface area contributed by atoms with E-state index in [4.69, 9.17) is 9.47 Å². The van der Waals surface area contributed by atoms with Crippen LogP contribution in [0.5, 0.6) is 11.5 Å². The van der Waals surface area contributed by atoms with Gasteiger partial charge in [-0.15, -0.1) is 0 Å². The molecule has 18 heavy (non-hydrogen) atoms. The van der Waals surface area contributed by atoms with Gasteiger partial charge in [-0.3, -0.25) is 0 Å². The monoisotopic (exact) mass is 315 g/mol. The van der Waals surface area contributed by atoms with Crippen molar-refractivity contribution in [1.82, 2.24) is 5.32 Å². The normalized spacial score (nSPS) is 11.3. The van der Waals surface area contributed by atoms with Gasteiger partial charge < -0.3 is 14.8 Å². The number of methoxy groups -OCH3 is 1. The highest BCUT2D eigenvalue weighted by molar-refractivity contribution is 9.09. The Hall–Kier alpha value is -0.740. The summed E-state index contributed by atoms with van der Waals surface area (Å²) in [7, 11) is 1.65. The first kappa shape index (κ1) is 15.3. The van der Waals surface area contributed by atoms with Crippen molar-refractivity contribution in [2.24, 2.45) is 0 Å². The Balaban J connectivity index is 2.33. The molecule has 0 unspecified atom stereocenters. The summed E-state index contributed by atoms with van der Waals surface area (Å²) in [4.78, 5) is 0. The van der Waals surface area contributed by atoms with E-state index in [1.165, 1.54) is 0 Å². The van der Waals surface area contributed by atoms with Crippen LogP contribution < -0.4 is 14.8 Å². The van der Waals surface area contributed by atoms with Crippen LogP contribution in [-0.2, 0) is 0 Å². The molecule has 1 aromatic rings. The van der Waals surface area contributed by atoms with Crippen molar-refractivity contribution < 1.29 is 9.47 Å². The minimum Gasteiger partial charge on any atom is -0.493 e. The largest absolute Gasteiger partial charge is 0.493 e. The predicted octanol–water partition coefficient (Wildman–Crippen LogP) is 3.23. The number of benzene rings is 1. The van der Waals surface area contributed by atoms with E-state index in [2.05, 4.69) is 35.1 Å². The van der Waals surface area contributed by atoms with Gasteiger partial charge in [0.25, 0.3) is 0 Å². The number of rotatable bonds is 8. The van der Waals surface area contributed by atoms with E-state index in [1.807, 2.05) is 24.3 Å². The SMILES string of the molecule is COc1ccccc1OCCNC(C)(C)CCBr. The Morgan fingerprint density at radius 1 is 1.22 bits per heavy atom. The summed E-state index contributed by atoms with van der Waals surface area (Å²) in [5.74, 6) is 1.57. The molecule has 0 aliphatic heterocycles. The molecule has 3 nitrogen and oxygen atoms in total. The van der Waals surface area contributed by atoms with E-state index < -0.39 is 0 Å². The lowest BCUT2D eigenvalue weighted by atomic mass is 10.0. The van der Waals surface area contributed by atoms with E-state index in [-0.39, 0.29) is 5.54 Å². The lowest BCUT2D eigenvalue weighted by molar-refractivity contribution is 0.269. The maximum absolute atomic E-state index is 5.70. The lowest BCUT2D eigenvalue weighted by Gasteiger charge is -2.25. The second-order valence-electron chi connectivity index (χ2n) is 4.75. The summed E-state index contributed by atoms with van der Waals surface area (Å²) in [5, 5.41) is 4.47. The highest BCUT2D eigenvalue weighted by atomic mass is 79.9. The van der Waals surface area contributed by atoms with E-state index in [9.17, 15) is 0 Å². The Morgan fingerprint density at radius 2 is 1.89 bits per heavy atom. The summed E-state index contributed by atoms with van der Waals surface area (Å²) in [6.07, 6.45) is 1.08. The van der Waals surface area contributed by atoms with Crippen LogP contribution in [0, 0.1) is 0 Å². The molecule has 102 valence electrons. The van der Waals surface area contributed by atoms with E-state index in [1.54, 1.807) is 7.11 Å². The number of nitrogens with one attached hydrogen (secondary N) is 1. The molecule has 0 aliphatic carbocycles. The quantitative estimate of drug-likeness (QED) is 0.590. The van der Waals surface area contributed by atoms with Crippen LogP contribution in [0.15, 0.2) is 24.3 Å². The van der Waals surface area contributed by atoms with Crippen molar-refractivity contribution in [3.8, 4) is 11.5 Å². The third-order valence-electron chi connectivity index (χ3n) is 2.75. The Kier molecular flexibility index (Phi) is 6.50. The lowest BCUT2D eigenvalue weighted by Crippen LogP contribution is -2.41. The van der Waals surface area contributed by atoms with Crippen LogP contribution >= 0.6 is 15.9 Å². The zero-order valence-corrected chi connectivity index (χ0v) is 12.9. The Labute approximate surface area is 118 Å². The van der Waals surface area contributed by atoms with Gasteiger partial charge in [0.15, 0.2) is 11.5 Å². The predicted molar refractivity (Wildman–Crippen MR) is 79.0 cm³/mol. The Morgan fingerprint density at radius 3 is 2.50 bits per heavy atom. The van der Waals surface area contributed by atoms with Crippen molar-refractivity contribution in [2.75, 3.05) is 25.6 Å². The zero-order chi connectivity index (χ0) is 13.4. The summed E-state index contributed by atoms with van der Waals surface area (Å²) < 4.78 is 10.9. The zero-order valence-electron chi connectivity index (χ0n) is 11.3. The number of ether oxygens (including phenoxy) is 2. The standard InChI is InChI=1S/C14H22BrNO2/c1-14(2,8-9-15)16-10-11-18-13-7-5-4-6-12(13)17-3/h4-7,16H,8-11H2,1-3H3. The molecule has 0 fully saturated rings. The molecular formula is C14H22BrNO2. The number of alkyl halides is 1. The van der Waals surface area contributed by atoms with Crippen molar-refractivity contribution in [2.45, 2.75) is 25.8 Å². The first-order chi connectivity index (χ1) is 8.59. The van der Waals surface area contributed by atoms with Crippen LogP contribution in [0.2, 0.25) is 0 Å². The number of para-hydroxylation sites is 2. The van der Waals surface area contributed by atoms with E-state index in [0.29, 0.717) is 6.61 Å². The van der Waals surface area contributed by atoms with Gasteiger partial charge in [0, 0.05) is 17.4 Å². The fourth-order valence-electron chi connectivity index (χ4n) is 1.61. The molecule has 0 aromatic heterocycles. The van der Waals surface area contributed by atoms with Crippen LogP contribution in [0.3, 0.4) is 0 Å². The maximum Gasteiger partial charge on any atom is 0.161 e. The minimum atomic E-state index is 0.133. The molecule has 0 heterocycles. The van der Waals surface area contributed by atoms with Crippen molar-refractivity contribution in [1.29, 1.82) is 0 Å². The minimum absolute atomic E-state index is 0.133. The van der Waals surface area contributed by atoms with Gasteiger partial charge >= 0.3 is 0 Å². The molecule has 0 radical (unpaired) electrons. The smallest absolute Gasteiger partial charge is 0.161 e. The van der Waals surface area contributed by atoms with E-state index >= 15 is 0 Å². The van der Waals surface area contributed by atoms with Crippen LogP contribution in [0.25, 0.3) is 0 Å². The molecule has 0 saturated heterocycles. The fraction of sp³-hybridized carbons (Fsp3) is 0.571. The first-order valence-electron chi connectivity index (χ1n) is 6.16. The molecule has 0 spiro atoms. The average Bonchev–Trinajstić information content (AvgIpc) is 2.35. The van der Waals surface area contributed by atoms with Gasteiger partial charge in [0.1, 0.15) is 6.61 Å². The number of hydrogen-bond acceptors (Lipinski definition) is 3. The summed E-state index contributed by atoms with van der Waals surface area (Å²) in [6, 6.07) is 7.70. The molecule has 0 saturated carbocycles. The van der Waals surface area contributed by atoms with Gasteiger partial charge in [-0.25, -0.2) is 0 Å². The van der Waals surface area contributed by atoms with Gasteiger partial charge in [-0.05, 0) is 32.4 Å². The van der Waals surface area contributed by atoms with Crippen molar-refractivity contribution in [3.63, 3.8) is 0 Å². The van der Waals surface area contributed by atoms with Crippen LogP contribution in [-0.4, -0.2) is 31.1 Å². The maximum atomic E-state index is 5.70. The molecule has 1 aromatic carbocycles. The van der Waals surface area contributed by atoms with Gasteiger partial charge in [0.05, 0.1) is 7.11 Å². The summed E-state index contributed by atoms with van der Waals surface area (Å²) >= 11 is 3.46. The second-order valence-corrected chi connectivity index (χ2v) is 5.54. The van der Waals surface area contributed by atoms with E-state index in [0.717, 1.165) is 29.8 Å². The summed E-state index contributed by atoms with van der Waals surface area (Å²) in [5.41, 5.74) is 0.133. The fourth-order valence-corrected chi connectivity index (χ4v) is 2.60.